The van der Waals surface area contributed by atoms with Crippen LogP contribution in [0, 0.1) is 11.8 Å². The predicted octanol–water partition coefficient (Wildman–Crippen LogP) is 1.02. The van der Waals surface area contributed by atoms with Crippen molar-refractivity contribution in [2.45, 2.75) is 45.6 Å². The highest BCUT2D eigenvalue weighted by molar-refractivity contribution is 7.86. The molecule has 6 heteroatoms. The zero-order valence-electron chi connectivity index (χ0n) is 12.1. The Hall–Kier alpha value is -0.170. The Morgan fingerprint density at radius 1 is 1.16 bits per heavy atom. The molecule has 2 saturated heterocycles. The van der Waals surface area contributed by atoms with Crippen LogP contribution < -0.4 is 5.73 Å². The fraction of sp³-hybridized carbons (Fsp3) is 1.00. The Kier molecular flexibility index (Phi) is 4.87. The maximum Gasteiger partial charge on any atom is 0.282 e. The second-order valence-corrected chi connectivity index (χ2v) is 8.05. The maximum absolute atomic E-state index is 12.6. The molecular weight excluding hydrogens is 262 g/mol. The molecule has 0 aromatic rings. The van der Waals surface area contributed by atoms with E-state index in [1.54, 1.807) is 8.61 Å². The number of nitrogens with zero attached hydrogens (tertiary/aromatic N) is 2. The minimum Gasteiger partial charge on any atom is -0.326 e. The number of hydrogen-bond donors (Lipinski definition) is 1. The van der Waals surface area contributed by atoms with Crippen LogP contribution in [0.25, 0.3) is 0 Å². The molecule has 2 atom stereocenters. The van der Waals surface area contributed by atoms with Gasteiger partial charge in [-0.2, -0.15) is 17.0 Å². The second-order valence-electron chi connectivity index (χ2n) is 6.12. The Bertz CT molecular complexity index is 391. The smallest absolute Gasteiger partial charge is 0.282 e. The molecule has 0 aromatic heterocycles. The Morgan fingerprint density at radius 2 is 1.79 bits per heavy atom. The Morgan fingerprint density at radius 3 is 2.37 bits per heavy atom. The lowest BCUT2D eigenvalue weighted by atomic mass is 9.99. The summed E-state index contributed by atoms with van der Waals surface area (Å²) < 4.78 is 28.4. The third-order valence-corrected chi connectivity index (χ3v) is 6.48. The number of nitrogens with two attached hydrogens (primary N) is 1. The zero-order valence-corrected chi connectivity index (χ0v) is 12.9. The summed E-state index contributed by atoms with van der Waals surface area (Å²) in [6, 6.07) is -0.00145. The topological polar surface area (TPSA) is 66.6 Å². The normalized spacial score (nSPS) is 31.9. The van der Waals surface area contributed by atoms with Gasteiger partial charge >= 0.3 is 0 Å². The van der Waals surface area contributed by atoms with Gasteiger partial charge in [0, 0.05) is 32.2 Å². The zero-order chi connectivity index (χ0) is 14.0. The number of hydrogen-bond acceptors (Lipinski definition) is 3. The highest BCUT2D eigenvalue weighted by Gasteiger charge is 2.39. The second kappa shape index (κ2) is 6.08. The average molecular weight is 289 g/mol. The summed E-state index contributed by atoms with van der Waals surface area (Å²) in [6.45, 7) is 6.72. The summed E-state index contributed by atoms with van der Waals surface area (Å²) in [7, 11) is -3.28. The van der Waals surface area contributed by atoms with E-state index < -0.39 is 10.2 Å². The van der Waals surface area contributed by atoms with E-state index in [0.29, 0.717) is 38.0 Å². The molecule has 2 fully saturated rings. The van der Waals surface area contributed by atoms with Crippen molar-refractivity contribution in [2.75, 3.05) is 26.2 Å². The summed E-state index contributed by atoms with van der Waals surface area (Å²) in [6.07, 6.45) is 4.02. The molecular formula is C13H27N3O2S. The van der Waals surface area contributed by atoms with Gasteiger partial charge in [0.15, 0.2) is 0 Å². The Balaban J connectivity index is 2.01. The highest BCUT2D eigenvalue weighted by Crippen LogP contribution is 2.26. The van der Waals surface area contributed by atoms with Crippen molar-refractivity contribution in [3.05, 3.63) is 0 Å². The number of piperidine rings is 1. The molecule has 0 radical (unpaired) electrons. The predicted molar refractivity (Wildman–Crippen MR) is 76.8 cm³/mol. The van der Waals surface area contributed by atoms with Crippen molar-refractivity contribution < 1.29 is 8.42 Å². The first-order valence-electron chi connectivity index (χ1n) is 7.46. The van der Waals surface area contributed by atoms with E-state index in [1.807, 2.05) is 0 Å². The lowest BCUT2D eigenvalue weighted by molar-refractivity contribution is 0.269. The van der Waals surface area contributed by atoms with Crippen molar-refractivity contribution >= 4 is 10.2 Å². The van der Waals surface area contributed by atoms with Crippen LogP contribution in [0.2, 0.25) is 0 Å². The first kappa shape index (κ1) is 15.2. The van der Waals surface area contributed by atoms with Crippen molar-refractivity contribution in [1.29, 1.82) is 0 Å². The molecule has 2 aliphatic rings. The van der Waals surface area contributed by atoms with Gasteiger partial charge in [0.1, 0.15) is 0 Å². The third kappa shape index (κ3) is 3.29. The van der Waals surface area contributed by atoms with E-state index in [1.165, 1.54) is 0 Å². The molecule has 0 spiro atoms. The van der Waals surface area contributed by atoms with Crippen LogP contribution in [0.3, 0.4) is 0 Å². The van der Waals surface area contributed by atoms with Crippen LogP contribution in [-0.4, -0.2) is 49.2 Å². The number of rotatable bonds is 4. The lowest BCUT2D eigenvalue weighted by Crippen LogP contribution is -2.46. The van der Waals surface area contributed by atoms with E-state index >= 15 is 0 Å². The lowest BCUT2D eigenvalue weighted by Gasteiger charge is -2.32. The van der Waals surface area contributed by atoms with Gasteiger partial charge in [0.25, 0.3) is 10.2 Å². The first-order valence-corrected chi connectivity index (χ1v) is 8.85. The standard InChI is InChI=1S/C13H27N3O2S/c1-3-4-12-9-16(10-13(12)14)19(17,18)15-7-5-11(2)6-8-15/h11-13H,3-10,14H2,1-2H3/t12-,13-/m1/s1. The van der Waals surface area contributed by atoms with Crippen LogP contribution in [-0.2, 0) is 10.2 Å². The minimum absolute atomic E-state index is 0.00145. The van der Waals surface area contributed by atoms with Crippen molar-refractivity contribution in [2.24, 2.45) is 17.6 Å². The molecule has 112 valence electrons. The van der Waals surface area contributed by atoms with Crippen LogP contribution in [0.4, 0.5) is 0 Å². The van der Waals surface area contributed by atoms with Crippen molar-refractivity contribution in [3.8, 4) is 0 Å². The van der Waals surface area contributed by atoms with Gasteiger partial charge in [0.2, 0.25) is 0 Å². The summed E-state index contributed by atoms with van der Waals surface area (Å²) in [4.78, 5) is 0. The monoisotopic (exact) mass is 289 g/mol. The maximum atomic E-state index is 12.6. The van der Waals surface area contributed by atoms with Crippen LogP contribution >= 0.6 is 0 Å². The Labute approximate surface area is 117 Å². The fourth-order valence-corrected chi connectivity index (χ4v) is 4.84. The van der Waals surface area contributed by atoms with Gasteiger partial charge in [-0.1, -0.05) is 20.3 Å². The largest absolute Gasteiger partial charge is 0.326 e. The van der Waals surface area contributed by atoms with Gasteiger partial charge in [-0.15, -0.1) is 0 Å². The van der Waals surface area contributed by atoms with Gasteiger partial charge in [-0.25, -0.2) is 0 Å². The molecule has 0 amide bonds. The fourth-order valence-electron chi connectivity index (χ4n) is 3.10. The summed E-state index contributed by atoms with van der Waals surface area (Å²) in [5, 5.41) is 0. The molecule has 2 aliphatic heterocycles. The van der Waals surface area contributed by atoms with E-state index in [2.05, 4.69) is 13.8 Å². The molecule has 0 saturated carbocycles. The SMILES string of the molecule is CCC[C@@H]1CN(S(=O)(=O)N2CCC(C)CC2)C[C@H]1N. The summed E-state index contributed by atoms with van der Waals surface area (Å²) in [5.74, 6) is 0.962. The van der Waals surface area contributed by atoms with E-state index in [9.17, 15) is 8.42 Å². The van der Waals surface area contributed by atoms with E-state index in [0.717, 1.165) is 25.7 Å². The van der Waals surface area contributed by atoms with Crippen molar-refractivity contribution in [3.63, 3.8) is 0 Å². The average Bonchev–Trinajstić information content (AvgIpc) is 2.73. The van der Waals surface area contributed by atoms with Crippen LogP contribution in [0.5, 0.6) is 0 Å². The molecule has 2 rings (SSSR count). The summed E-state index contributed by atoms with van der Waals surface area (Å²) >= 11 is 0. The molecule has 5 nitrogen and oxygen atoms in total. The van der Waals surface area contributed by atoms with E-state index in [4.69, 9.17) is 5.73 Å². The quantitative estimate of drug-likeness (QED) is 0.840. The van der Waals surface area contributed by atoms with Gasteiger partial charge in [-0.05, 0) is 31.1 Å². The molecule has 0 bridgehead atoms. The van der Waals surface area contributed by atoms with Gasteiger partial charge < -0.3 is 5.73 Å². The molecule has 2 heterocycles. The molecule has 0 aromatic carbocycles. The highest BCUT2D eigenvalue weighted by atomic mass is 32.2. The van der Waals surface area contributed by atoms with Gasteiger partial charge in [0.05, 0.1) is 0 Å². The molecule has 2 N–H and O–H groups in total. The van der Waals surface area contributed by atoms with Crippen molar-refractivity contribution in [1.82, 2.24) is 8.61 Å². The van der Waals surface area contributed by atoms with Crippen LogP contribution in [0.15, 0.2) is 0 Å². The van der Waals surface area contributed by atoms with E-state index in [-0.39, 0.29) is 6.04 Å². The third-order valence-electron chi connectivity index (χ3n) is 4.51. The molecule has 0 unspecified atom stereocenters. The molecule has 19 heavy (non-hydrogen) atoms. The summed E-state index contributed by atoms with van der Waals surface area (Å²) in [5.41, 5.74) is 6.08. The molecule has 0 aliphatic carbocycles. The van der Waals surface area contributed by atoms with Crippen LogP contribution in [0.1, 0.15) is 39.5 Å². The minimum atomic E-state index is -3.28. The van der Waals surface area contributed by atoms with Gasteiger partial charge in [-0.3, -0.25) is 0 Å². The first-order chi connectivity index (χ1) is 8.95.